The fourth-order valence-electron chi connectivity index (χ4n) is 1.13. The number of nitriles is 1. The smallest absolute Gasteiger partial charge is 0.126 e. The first-order valence-electron chi connectivity index (χ1n) is 4.45. The summed E-state index contributed by atoms with van der Waals surface area (Å²) in [5.41, 5.74) is 6.18. The lowest BCUT2D eigenvalue weighted by molar-refractivity contribution is 0.676. The molecule has 0 bridgehead atoms. The fraction of sp³-hybridized carbons (Fsp3) is 0.300. The Morgan fingerprint density at radius 3 is 2.87 bits per heavy atom. The quantitative estimate of drug-likeness (QED) is 0.868. The van der Waals surface area contributed by atoms with E-state index in [0.29, 0.717) is 17.0 Å². The maximum Gasteiger partial charge on any atom is 0.126 e. The van der Waals surface area contributed by atoms with E-state index in [4.69, 9.17) is 11.0 Å². The molecule has 2 N–H and O–H groups in total. The van der Waals surface area contributed by atoms with Gasteiger partial charge in [-0.15, -0.1) is 0 Å². The second-order valence-electron chi connectivity index (χ2n) is 3.01. The molecule has 0 heterocycles. The number of hydrogen-bond acceptors (Lipinski definition) is 3. The highest BCUT2D eigenvalue weighted by molar-refractivity contribution is 9.10. The molecule has 0 aromatic heterocycles. The van der Waals surface area contributed by atoms with E-state index in [1.54, 1.807) is 18.2 Å². The molecular weight excluding hydrogens is 276 g/mol. The maximum absolute atomic E-state index is 12.0. The molecule has 1 aromatic rings. The van der Waals surface area contributed by atoms with Gasteiger partial charge < -0.3 is 5.73 Å². The van der Waals surface area contributed by atoms with Crippen LogP contribution in [0.25, 0.3) is 0 Å². The first-order chi connectivity index (χ1) is 7.10. The van der Waals surface area contributed by atoms with Crippen LogP contribution in [0.15, 0.2) is 27.6 Å². The van der Waals surface area contributed by atoms with Gasteiger partial charge in [-0.3, -0.25) is 4.21 Å². The minimum absolute atomic E-state index is 0.463. The predicted octanol–water partition coefficient (Wildman–Crippen LogP) is 2.44. The van der Waals surface area contributed by atoms with E-state index in [2.05, 4.69) is 15.9 Å². The zero-order valence-electron chi connectivity index (χ0n) is 8.24. The zero-order valence-corrected chi connectivity index (χ0v) is 10.6. The van der Waals surface area contributed by atoms with Crippen molar-refractivity contribution in [1.29, 1.82) is 5.26 Å². The summed E-state index contributed by atoms with van der Waals surface area (Å²) < 4.78 is 12.8. The van der Waals surface area contributed by atoms with Gasteiger partial charge in [-0.25, -0.2) is 0 Å². The van der Waals surface area contributed by atoms with Gasteiger partial charge in [-0.05, 0) is 24.6 Å². The highest BCUT2D eigenvalue weighted by Gasteiger charge is 2.18. The number of halogens is 1. The summed E-state index contributed by atoms with van der Waals surface area (Å²) in [4.78, 5) is 0.526. The van der Waals surface area contributed by atoms with Crippen LogP contribution in [0.4, 0.5) is 5.69 Å². The van der Waals surface area contributed by atoms with Crippen LogP contribution in [0.1, 0.15) is 13.3 Å². The Balaban J connectivity index is 3.11. The van der Waals surface area contributed by atoms with E-state index >= 15 is 0 Å². The fourth-order valence-corrected chi connectivity index (χ4v) is 2.89. The van der Waals surface area contributed by atoms with Crippen LogP contribution in [-0.2, 0) is 10.8 Å². The van der Waals surface area contributed by atoms with Crippen LogP contribution < -0.4 is 5.73 Å². The molecule has 0 aliphatic carbocycles. The number of nitrogens with two attached hydrogens (primary N) is 1. The summed E-state index contributed by atoms with van der Waals surface area (Å²) in [6.07, 6.45) is 0.551. The van der Waals surface area contributed by atoms with E-state index in [-0.39, 0.29) is 0 Å². The van der Waals surface area contributed by atoms with Crippen molar-refractivity contribution in [3.05, 3.63) is 22.7 Å². The number of hydrogen-bond donors (Lipinski definition) is 1. The highest BCUT2D eigenvalue weighted by atomic mass is 79.9. The third-order valence-corrected chi connectivity index (χ3v) is 4.20. The maximum atomic E-state index is 12.0. The molecule has 80 valence electrons. The normalized spacial score (nSPS) is 14.2. The molecule has 0 aliphatic rings. The van der Waals surface area contributed by atoms with Crippen LogP contribution in [0.5, 0.6) is 0 Å². The number of anilines is 1. The first-order valence-corrected chi connectivity index (χ1v) is 6.46. The van der Waals surface area contributed by atoms with Gasteiger partial charge in [0, 0.05) is 10.2 Å². The van der Waals surface area contributed by atoms with Crippen molar-refractivity contribution in [2.24, 2.45) is 0 Å². The van der Waals surface area contributed by atoms with Gasteiger partial charge in [0.25, 0.3) is 0 Å². The molecule has 3 nitrogen and oxygen atoms in total. The molecule has 0 spiro atoms. The van der Waals surface area contributed by atoms with Gasteiger partial charge in [0.2, 0.25) is 0 Å². The Morgan fingerprint density at radius 2 is 2.33 bits per heavy atom. The standard InChI is InChI=1S/C10H11BrN2OS/c1-2-8(6-12)15(14)10-5-7(11)3-4-9(10)13/h3-5,8H,2,13H2,1H3. The van der Waals surface area contributed by atoms with Crippen molar-refractivity contribution < 1.29 is 4.21 Å². The molecule has 0 saturated heterocycles. The molecule has 15 heavy (non-hydrogen) atoms. The van der Waals surface area contributed by atoms with E-state index in [9.17, 15) is 4.21 Å². The molecule has 2 atom stereocenters. The van der Waals surface area contributed by atoms with Gasteiger partial charge in [-0.1, -0.05) is 22.9 Å². The lowest BCUT2D eigenvalue weighted by Gasteiger charge is -2.09. The Bertz CT molecular complexity index is 428. The number of nitrogens with zero attached hydrogens (tertiary/aromatic N) is 1. The van der Waals surface area contributed by atoms with Gasteiger partial charge >= 0.3 is 0 Å². The third kappa shape index (κ3) is 2.80. The summed E-state index contributed by atoms with van der Waals surface area (Å²) in [7, 11) is -1.36. The SMILES string of the molecule is CCC(C#N)S(=O)c1cc(Br)ccc1N. The summed E-state index contributed by atoms with van der Waals surface area (Å²) in [6.45, 7) is 1.83. The first kappa shape index (κ1) is 12.2. The largest absolute Gasteiger partial charge is 0.398 e. The summed E-state index contributed by atoms with van der Waals surface area (Å²) in [5, 5.41) is 8.32. The van der Waals surface area contributed by atoms with Gasteiger partial charge in [0.1, 0.15) is 5.25 Å². The Labute approximate surface area is 99.9 Å². The van der Waals surface area contributed by atoms with Crippen molar-refractivity contribution >= 4 is 32.4 Å². The second-order valence-corrected chi connectivity index (χ2v) is 5.52. The van der Waals surface area contributed by atoms with Crippen LogP contribution in [0.3, 0.4) is 0 Å². The van der Waals surface area contributed by atoms with E-state index in [1.807, 2.05) is 13.0 Å². The van der Waals surface area contributed by atoms with Crippen molar-refractivity contribution in [1.82, 2.24) is 0 Å². The Kier molecular flexibility index (Phi) is 4.30. The van der Waals surface area contributed by atoms with Gasteiger partial charge in [0.05, 0.1) is 21.8 Å². The molecule has 0 radical (unpaired) electrons. The van der Waals surface area contributed by atoms with E-state index in [0.717, 1.165) is 4.47 Å². The average molecular weight is 287 g/mol. The van der Waals surface area contributed by atoms with Crippen molar-refractivity contribution in [2.45, 2.75) is 23.5 Å². The van der Waals surface area contributed by atoms with E-state index in [1.165, 1.54) is 0 Å². The molecule has 5 heteroatoms. The highest BCUT2D eigenvalue weighted by Crippen LogP contribution is 2.24. The number of rotatable bonds is 3. The molecule has 0 saturated carbocycles. The minimum Gasteiger partial charge on any atom is -0.398 e. The van der Waals surface area contributed by atoms with Crippen LogP contribution in [-0.4, -0.2) is 9.46 Å². The Morgan fingerprint density at radius 1 is 1.67 bits per heavy atom. The summed E-state index contributed by atoms with van der Waals surface area (Å²) in [6, 6.07) is 7.19. The molecule has 0 amide bonds. The van der Waals surface area contributed by atoms with E-state index < -0.39 is 16.0 Å². The molecule has 0 fully saturated rings. The van der Waals surface area contributed by atoms with Crippen molar-refractivity contribution in [3.63, 3.8) is 0 Å². The third-order valence-electron chi connectivity index (χ3n) is 1.97. The summed E-state index contributed by atoms with van der Waals surface area (Å²) >= 11 is 3.28. The van der Waals surface area contributed by atoms with Crippen LogP contribution in [0, 0.1) is 11.3 Å². The molecule has 0 aliphatic heterocycles. The van der Waals surface area contributed by atoms with Crippen molar-refractivity contribution in [3.8, 4) is 6.07 Å². The van der Waals surface area contributed by atoms with Crippen LogP contribution >= 0.6 is 15.9 Å². The van der Waals surface area contributed by atoms with Gasteiger partial charge in [0.15, 0.2) is 0 Å². The Hall–Kier alpha value is -0.860. The zero-order chi connectivity index (χ0) is 11.4. The lowest BCUT2D eigenvalue weighted by atomic mass is 10.3. The topological polar surface area (TPSA) is 66.9 Å². The van der Waals surface area contributed by atoms with Crippen LogP contribution in [0.2, 0.25) is 0 Å². The lowest BCUT2D eigenvalue weighted by Crippen LogP contribution is -2.13. The number of benzene rings is 1. The predicted molar refractivity (Wildman–Crippen MR) is 64.7 cm³/mol. The monoisotopic (exact) mass is 286 g/mol. The average Bonchev–Trinajstić information content (AvgIpc) is 2.23. The molecule has 2 unspecified atom stereocenters. The molecular formula is C10H11BrN2OS. The molecule has 1 aromatic carbocycles. The second kappa shape index (κ2) is 5.29. The summed E-state index contributed by atoms with van der Waals surface area (Å²) in [5.74, 6) is 0. The van der Waals surface area contributed by atoms with Crippen molar-refractivity contribution in [2.75, 3.05) is 5.73 Å². The number of nitrogen functional groups attached to an aromatic ring is 1. The van der Waals surface area contributed by atoms with Gasteiger partial charge in [-0.2, -0.15) is 5.26 Å². The minimum atomic E-state index is -1.36. The molecule has 1 rings (SSSR count).